The van der Waals surface area contributed by atoms with E-state index < -0.39 is 15.7 Å². The van der Waals surface area contributed by atoms with Crippen molar-refractivity contribution in [3.63, 3.8) is 0 Å². The minimum Gasteiger partial charge on any atom is -0.497 e. The molecule has 0 fully saturated rings. The number of methoxy groups -OCH3 is 1. The topological polar surface area (TPSA) is 102 Å². The van der Waals surface area contributed by atoms with Gasteiger partial charge in [-0.05, 0) is 24.3 Å². The molecule has 7 nitrogen and oxygen atoms in total. The number of carbonyl (C=O) groups excluding carboxylic acids is 2. The van der Waals surface area contributed by atoms with E-state index in [1.807, 2.05) is 36.4 Å². The Labute approximate surface area is 207 Å². The van der Waals surface area contributed by atoms with E-state index in [2.05, 4.69) is 10.3 Å². The zero-order valence-electron chi connectivity index (χ0n) is 18.8. The van der Waals surface area contributed by atoms with Gasteiger partial charge in [0.1, 0.15) is 10.6 Å². The van der Waals surface area contributed by atoms with Crippen molar-refractivity contribution in [2.45, 2.75) is 11.3 Å². The number of hydrogen-bond donors (Lipinski definition) is 1. The molecule has 0 unspecified atom stereocenters. The lowest BCUT2D eigenvalue weighted by Crippen LogP contribution is -2.17. The Morgan fingerprint density at radius 3 is 2.17 bits per heavy atom. The second-order valence-corrected chi connectivity index (χ2v) is 10.7. The highest BCUT2D eigenvalue weighted by Crippen LogP contribution is 2.33. The molecule has 0 aliphatic carbocycles. The standard InChI is InChI=1S/C26H22N2O5S2/c1-33-20-12-14-21(15-13-20)35(31,32)17-16-22(29)27-26-28-23(18-8-4-2-5-9-18)25(34-26)24(30)19-10-6-3-7-11-19/h2-15H,16-17H2,1H3,(H,27,28,29). The maximum absolute atomic E-state index is 13.2. The van der Waals surface area contributed by atoms with Crippen molar-refractivity contribution in [2.24, 2.45) is 0 Å². The lowest BCUT2D eigenvalue weighted by molar-refractivity contribution is -0.115. The Hall–Kier alpha value is -3.82. The van der Waals surface area contributed by atoms with Gasteiger partial charge in [0, 0.05) is 17.5 Å². The van der Waals surface area contributed by atoms with E-state index in [9.17, 15) is 18.0 Å². The summed E-state index contributed by atoms with van der Waals surface area (Å²) in [6.07, 6.45) is -0.253. The summed E-state index contributed by atoms with van der Waals surface area (Å²) in [6.45, 7) is 0. The van der Waals surface area contributed by atoms with Gasteiger partial charge in [-0.25, -0.2) is 13.4 Å². The minimum absolute atomic E-state index is 0.113. The van der Waals surface area contributed by atoms with Gasteiger partial charge in [0.25, 0.3) is 0 Å². The number of nitrogens with one attached hydrogen (secondary N) is 1. The fourth-order valence-corrected chi connectivity index (χ4v) is 5.56. The quantitative estimate of drug-likeness (QED) is 0.326. The Morgan fingerprint density at radius 2 is 1.54 bits per heavy atom. The van der Waals surface area contributed by atoms with Crippen molar-refractivity contribution in [3.05, 3.63) is 95.4 Å². The van der Waals surface area contributed by atoms with E-state index in [0.717, 1.165) is 16.9 Å². The van der Waals surface area contributed by atoms with Crippen molar-refractivity contribution in [1.29, 1.82) is 0 Å². The van der Waals surface area contributed by atoms with Crippen LogP contribution in [0.1, 0.15) is 21.7 Å². The van der Waals surface area contributed by atoms with Crippen LogP contribution in [0, 0.1) is 0 Å². The first-order valence-corrected chi connectivity index (χ1v) is 13.2. The molecule has 1 N–H and O–H groups in total. The van der Waals surface area contributed by atoms with E-state index in [1.165, 1.54) is 19.2 Å². The summed E-state index contributed by atoms with van der Waals surface area (Å²) in [5.74, 6) is -0.531. The van der Waals surface area contributed by atoms with Crippen molar-refractivity contribution >= 4 is 38.0 Å². The molecule has 0 aliphatic rings. The highest BCUT2D eigenvalue weighted by molar-refractivity contribution is 7.91. The molecule has 9 heteroatoms. The normalized spacial score (nSPS) is 11.1. The molecule has 1 aromatic heterocycles. The van der Waals surface area contributed by atoms with Gasteiger partial charge in [0.15, 0.2) is 15.0 Å². The average Bonchev–Trinajstić information content (AvgIpc) is 3.32. The molecule has 1 amide bonds. The van der Waals surface area contributed by atoms with Crippen LogP contribution in [0.2, 0.25) is 0 Å². The first kappa shape index (κ1) is 24.3. The van der Waals surface area contributed by atoms with Crippen molar-refractivity contribution in [2.75, 3.05) is 18.2 Å². The number of ketones is 1. The van der Waals surface area contributed by atoms with Crippen LogP contribution in [-0.4, -0.2) is 38.0 Å². The van der Waals surface area contributed by atoms with Crippen LogP contribution in [0.25, 0.3) is 11.3 Å². The summed E-state index contributed by atoms with van der Waals surface area (Å²) in [5, 5.41) is 2.88. The summed E-state index contributed by atoms with van der Waals surface area (Å²) in [7, 11) is -2.16. The Kier molecular flexibility index (Phi) is 7.38. The summed E-state index contributed by atoms with van der Waals surface area (Å²) in [6, 6.07) is 24.0. The highest BCUT2D eigenvalue weighted by Gasteiger charge is 2.22. The lowest BCUT2D eigenvalue weighted by atomic mass is 10.1. The molecular weight excluding hydrogens is 484 g/mol. The number of anilines is 1. The van der Waals surface area contributed by atoms with Crippen LogP contribution < -0.4 is 10.1 Å². The smallest absolute Gasteiger partial charge is 0.227 e. The van der Waals surface area contributed by atoms with Gasteiger partial charge in [-0.2, -0.15) is 0 Å². The molecule has 0 spiro atoms. The van der Waals surface area contributed by atoms with Crippen LogP contribution in [0.3, 0.4) is 0 Å². The van der Waals surface area contributed by atoms with Gasteiger partial charge >= 0.3 is 0 Å². The zero-order chi connectivity index (χ0) is 24.8. The SMILES string of the molecule is COc1ccc(S(=O)(=O)CCC(=O)Nc2nc(-c3ccccc3)c(C(=O)c3ccccc3)s2)cc1. The predicted octanol–water partition coefficient (Wildman–Crippen LogP) is 4.85. The maximum Gasteiger partial charge on any atom is 0.227 e. The van der Waals surface area contributed by atoms with Gasteiger partial charge in [-0.15, -0.1) is 0 Å². The van der Waals surface area contributed by atoms with Crippen molar-refractivity contribution in [3.8, 4) is 17.0 Å². The fraction of sp³-hybridized carbons (Fsp3) is 0.115. The third kappa shape index (κ3) is 5.82. The highest BCUT2D eigenvalue weighted by atomic mass is 32.2. The zero-order valence-corrected chi connectivity index (χ0v) is 20.4. The van der Waals surface area contributed by atoms with Crippen LogP contribution in [0.15, 0.2) is 89.8 Å². The summed E-state index contributed by atoms with van der Waals surface area (Å²) in [5.41, 5.74) is 1.72. The number of sulfone groups is 1. The van der Waals surface area contributed by atoms with Crippen LogP contribution >= 0.6 is 11.3 Å². The molecule has 0 saturated carbocycles. The van der Waals surface area contributed by atoms with Gasteiger partial charge < -0.3 is 10.1 Å². The van der Waals surface area contributed by atoms with Crippen LogP contribution in [0.5, 0.6) is 5.75 Å². The molecule has 0 aliphatic heterocycles. The summed E-state index contributed by atoms with van der Waals surface area (Å²) >= 11 is 1.06. The molecule has 0 saturated heterocycles. The van der Waals surface area contributed by atoms with Gasteiger partial charge in [0.2, 0.25) is 11.7 Å². The van der Waals surface area contributed by atoms with Crippen LogP contribution in [-0.2, 0) is 14.6 Å². The summed E-state index contributed by atoms with van der Waals surface area (Å²) < 4.78 is 30.2. The largest absolute Gasteiger partial charge is 0.497 e. The Bertz CT molecular complexity index is 1430. The molecule has 1 heterocycles. The second kappa shape index (κ2) is 10.6. The van der Waals surface area contributed by atoms with Crippen molar-refractivity contribution in [1.82, 2.24) is 4.98 Å². The molecule has 35 heavy (non-hydrogen) atoms. The van der Waals surface area contributed by atoms with Gasteiger partial charge in [0.05, 0.1) is 23.5 Å². The molecule has 3 aromatic carbocycles. The molecule has 0 atom stereocenters. The number of thiazole rings is 1. The first-order chi connectivity index (χ1) is 16.9. The van der Waals surface area contributed by atoms with E-state index in [4.69, 9.17) is 4.74 Å². The third-order valence-electron chi connectivity index (χ3n) is 5.18. The van der Waals surface area contributed by atoms with Gasteiger partial charge in [-0.1, -0.05) is 72.0 Å². The Morgan fingerprint density at radius 1 is 0.914 bits per heavy atom. The molecule has 0 bridgehead atoms. The average molecular weight is 507 g/mol. The first-order valence-electron chi connectivity index (χ1n) is 10.7. The second-order valence-electron chi connectivity index (χ2n) is 7.55. The number of nitrogens with zero attached hydrogens (tertiary/aromatic N) is 1. The number of ether oxygens (including phenoxy) is 1. The number of hydrogen-bond acceptors (Lipinski definition) is 7. The number of amides is 1. The van der Waals surface area contributed by atoms with E-state index in [-0.39, 0.29) is 28.0 Å². The predicted molar refractivity (Wildman–Crippen MR) is 136 cm³/mol. The number of carbonyl (C=O) groups is 2. The third-order valence-corrected chi connectivity index (χ3v) is 7.88. The number of benzene rings is 3. The fourth-order valence-electron chi connectivity index (χ4n) is 3.35. The van der Waals surface area contributed by atoms with E-state index >= 15 is 0 Å². The maximum atomic E-state index is 13.2. The monoisotopic (exact) mass is 506 g/mol. The van der Waals surface area contributed by atoms with E-state index in [1.54, 1.807) is 36.4 Å². The lowest BCUT2D eigenvalue weighted by Gasteiger charge is -2.06. The van der Waals surface area contributed by atoms with Crippen molar-refractivity contribution < 1.29 is 22.7 Å². The molecule has 0 radical (unpaired) electrons. The number of rotatable bonds is 9. The molecule has 4 aromatic rings. The van der Waals surface area contributed by atoms with Crippen LogP contribution in [0.4, 0.5) is 5.13 Å². The summed E-state index contributed by atoms with van der Waals surface area (Å²) in [4.78, 5) is 30.7. The van der Waals surface area contributed by atoms with E-state index in [0.29, 0.717) is 21.9 Å². The Balaban J connectivity index is 1.52. The molecule has 4 rings (SSSR count). The number of aromatic nitrogens is 1. The molecule has 178 valence electrons. The van der Waals surface area contributed by atoms with Gasteiger partial charge in [-0.3, -0.25) is 9.59 Å². The minimum atomic E-state index is -3.66. The molecular formula is C26H22N2O5S2.